The van der Waals surface area contributed by atoms with E-state index in [1.807, 2.05) is 59.3 Å². The average Bonchev–Trinajstić information content (AvgIpc) is 3.16. The lowest BCUT2D eigenvalue weighted by molar-refractivity contribution is -0.118. The number of amides is 1. The Balaban J connectivity index is 1.56. The lowest BCUT2D eigenvalue weighted by Gasteiger charge is -2.07. The van der Waals surface area contributed by atoms with Crippen molar-refractivity contribution < 1.29 is 9.53 Å². The molecule has 0 aliphatic rings. The molecule has 1 heterocycles. The molecule has 7 heteroatoms. The van der Waals surface area contributed by atoms with Gasteiger partial charge in [0, 0.05) is 21.8 Å². The van der Waals surface area contributed by atoms with Crippen molar-refractivity contribution in [2.24, 2.45) is 5.10 Å². The molecule has 0 spiro atoms. The molecular weight excluding hydrogens is 382 g/mol. The van der Waals surface area contributed by atoms with Crippen LogP contribution in [0.4, 0.5) is 0 Å². The minimum atomic E-state index is -0.172. The normalized spacial score (nSPS) is 10.9. The molecule has 3 rings (SSSR count). The van der Waals surface area contributed by atoms with E-state index < -0.39 is 0 Å². The molecule has 0 aliphatic carbocycles. The van der Waals surface area contributed by atoms with Crippen LogP contribution in [0.25, 0.3) is 5.69 Å². The van der Waals surface area contributed by atoms with Crippen molar-refractivity contribution in [3.8, 4) is 11.4 Å². The highest BCUT2D eigenvalue weighted by Gasteiger charge is 2.04. The fourth-order valence-electron chi connectivity index (χ4n) is 2.36. The molecule has 0 bridgehead atoms. The zero-order chi connectivity index (χ0) is 19.1. The van der Waals surface area contributed by atoms with Crippen LogP contribution in [0.15, 0.2) is 76.9 Å². The third-order valence-corrected chi connectivity index (χ3v) is 4.96. The molecule has 3 aromatic rings. The molecule has 0 aliphatic heterocycles. The van der Waals surface area contributed by atoms with E-state index in [9.17, 15) is 4.79 Å². The Morgan fingerprint density at radius 1 is 1.19 bits per heavy atom. The number of halogens is 1. The monoisotopic (exact) mass is 399 g/mol. The summed E-state index contributed by atoms with van der Waals surface area (Å²) >= 11 is 7.27. The topological polar surface area (TPSA) is 55.6 Å². The predicted octanol–water partition coefficient (Wildman–Crippen LogP) is 4.38. The molecule has 1 amide bonds. The van der Waals surface area contributed by atoms with Crippen LogP contribution in [0.3, 0.4) is 0 Å². The molecule has 138 valence electrons. The number of carbonyl (C=O) groups excluding carboxylic acids is 1. The van der Waals surface area contributed by atoms with Gasteiger partial charge in [0.2, 0.25) is 5.91 Å². The van der Waals surface area contributed by atoms with Crippen molar-refractivity contribution in [2.45, 2.75) is 4.90 Å². The van der Waals surface area contributed by atoms with Gasteiger partial charge in [0.15, 0.2) is 0 Å². The maximum atomic E-state index is 11.9. The minimum absolute atomic E-state index is 0.172. The first kappa shape index (κ1) is 19.1. The second kappa shape index (κ2) is 9.30. The van der Waals surface area contributed by atoms with Crippen LogP contribution < -0.4 is 10.2 Å². The van der Waals surface area contributed by atoms with E-state index in [-0.39, 0.29) is 11.7 Å². The molecule has 5 nitrogen and oxygen atoms in total. The Morgan fingerprint density at radius 3 is 2.63 bits per heavy atom. The quantitative estimate of drug-likeness (QED) is 0.364. The lowest BCUT2D eigenvalue weighted by atomic mass is 10.3. The summed E-state index contributed by atoms with van der Waals surface area (Å²) in [7, 11) is 1.64. The van der Waals surface area contributed by atoms with Crippen LogP contribution in [-0.4, -0.2) is 29.6 Å². The summed E-state index contributed by atoms with van der Waals surface area (Å²) in [4.78, 5) is 12.9. The van der Waals surface area contributed by atoms with Crippen molar-refractivity contribution in [3.63, 3.8) is 0 Å². The Bertz CT molecular complexity index is 921. The Labute approximate surface area is 167 Å². The number of ether oxygens (including phenoxy) is 1. The van der Waals surface area contributed by atoms with Gasteiger partial charge in [0.1, 0.15) is 5.75 Å². The summed E-state index contributed by atoms with van der Waals surface area (Å²) in [6, 6.07) is 18.9. The van der Waals surface area contributed by atoms with E-state index in [0.29, 0.717) is 5.02 Å². The number of methoxy groups -OCH3 is 1. The molecule has 0 atom stereocenters. The van der Waals surface area contributed by atoms with Crippen LogP contribution in [0, 0.1) is 0 Å². The van der Waals surface area contributed by atoms with Crippen molar-refractivity contribution in [1.82, 2.24) is 9.99 Å². The summed E-state index contributed by atoms with van der Waals surface area (Å²) in [5.74, 6) is 0.902. The van der Waals surface area contributed by atoms with Crippen molar-refractivity contribution in [3.05, 3.63) is 77.6 Å². The second-order valence-corrected chi connectivity index (χ2v) is 7.02. The SMILES string of the molecule is COc1ccc(-n2cccc2/C=N\NC(=O)CSc2ccc(Cl)cc2)cc1. The highest BCUT2D eigenvalue weighted by molar-refractivity contribution is 8.00. The molecule has 0 saturated carbocycles. The molecular formula is C20H18ClN3O2S. The van der Waals surface area contributed by atoms with Gasteiger partial charge in [-0.25, -0.2) is 5.43 Å². The van der Waals surface area contributed by atoms with Crippen molar-refractivity contribution in [1.29, 1.82) is 0 Å². The third-order valence-electron chi connectivity index (χ3n) is 3.70. The second-order valence-electron chi connectivity index (χ2n) is 5.54. The first-order valence-electron chi connectivity index (χ1n) is 8.18. The highest BCUT2D eigenvalue weighted by atomic mass is 35.5. The number of nitrogens with one attached hydrogen (secondary N) is 1. The van der Waals surface area contributed by atoms with Gasteiger partial charge in [-0.2, -0.15) is 5.10 Å². The molecule has 0 saturated heterocycles. The van der Waals surface area contributed by atoms with Gasteiger partial charge in [-0.3, -0.25) is 4.79 Å². The maximum Gasteiger partial charge on any atom is 0.250 e. The van der Waals surface area contributed by atoms with Crippen molar-refractivity contribution >= 4 is 35.5 Å². The average molecular weight is 400 g/mol. The fourth-order valence-corrected chi connectivity index (χ4v) is 3.18. The van der Waals surface area contributed by atoms with Crippen LogP contribution in [0.1, 0.15) is 5.69 Å². The lowest BCUT2D eigenvalue weighted by Crippen LogP contribution is -2.19. The summed E-state index contributed by atoms with van der Waals surface area (Å²) in [5, 5.41) is 4.73. The zero-order valence-corrected chi connectivity index (χ0v) is 16.2. The zero-order valence-electron chi connectivity index (χ0n) is 14.6. The van der Waals surface area contributed by atoms with E-state index in [2.05, 4.69) is 10.5 Å². The van der Waals surface area contributed by atoms with E-state index in [0.717, 1.165) is 22.0 Å². The summed E-state index contributed by atoms with van der Waals surface area (Å²) in [5.41, 5.74) is 4.38. The van der Waals surface area contributed by atoms with Crippen molar-refractivity contribution in [2.75, 3.05) is 12.9 Å². The number of hydrazone groups is 1. The molecule has 2 aromatic carbocycles. The molecule has 0 radical (unpaired) electrons. The standard InChI is InChI=1S/C20H18ClN3O2S/c1-26-18-8-6-16(7-9-18)24-12-2-3-17(24)13-22-23-20(25)14-27-19-10-4-15(21)5-11-19/h2-13H,14H2,1H3,(H,23,25)/b22-13-. The number of benzene rings is 2. The van der Waals surface area contributed by atoms with E-state index in [1.54, 1.807) is 25.5 Å². The Hall–Kier alpha value is -2.70. The fraction of sp³-hybridized carbons (Fsp3) is 0.100. The van der Waals surface area contributed by atoms with Gasteiger partial charge in [-0.1, -0.05) is 11.6 Å². The number of hydrogen-bond donors (Lipinski definition) is 1. The number of rotatable bonds is 7. The molecule has 0 unspecified atom stereocenters. The van der Waals surface area contributed by atoms with Gasteiger partial charge in [-0.05, 0) is 60.7 Å². The number of nitrogens with zero attached hydrogens (tertiary/aromatic N) is 2. The molecule has 1 aromatic heterocycles. The first-order chi connectivity index (χ1) is 13.2. The molecule has 1 N–H and O–H groups in total. The third kappa shape index (κ3) is 5.39. The Kier molecular flexibility index (Phi) is 6.57. The van der Waals surface area contributed by atoms with E-state index in [1.165, 1.54) is 11.8 Å². The van der Waals surface area contributed by atoms with Gasteiger partial charge in [-0.15, -0.1) is 11.8 Å². The summed E-state index contributed by atoms with van der Waals surface area (Å²) in [6.07, 6.45) is 3.55. The molecule has 0 fully saturated rings. The largest absolute Gasteiger partial charge is 0.497 e. The maximum absolute atomic E-state index is 11.9. The number of hydrogen-bond acceptors (Lipinski definition) is 4. The van der Waals surface area contributed by atoms with E-state index in [4.69, 9.17) is 16.3 Å². The summed E-state index contributed by atoms with van der Waals surface area (Å²) < 4.78 is 7.15. The van der Waals surface area contributed by atoms with Gasteiger partial charge in [0.05, 0.1) is 24.8 Å². The first-order valence-corrected chi connectivity index (χ1v) is 9.54. The van der Waals surface area contributed by atoms with Gasteiger partial charge >= 0.3 is 0 Å². The number of thioether (sulfide) groups is 1. The molecule has 27 heavy (non-hydrogen) atoms. The predicted molar refractivity (Wildman–Crippen MR) is 110 cm³/mol. The Morgan fingerprint density at radius 2 is 1.93 bits per heavy atom. The number of carbonyl (C=O) groups is 1. The highest BCUT2D eigenvalue weighted by Crippen LogP contribution is 2.20. The van der Waals surface area contributed by atoms with Crippen LogP contribution in [0.5, 0.6) is 5.75 Å². The van der Waals surface area contributed by atoms with Crippen LogP contribution in [-0.2, 0) is 4.79 Å². The van der Waals surface area contributed by atoms with Crippen LogP contribution >= 0.6 is 23.4 Å². The van der Waals surface area contributed by atoms with Gasteiger partial charge < -0.3 is 9.30 Å². The van der Waals surface area contributed by atoms with Crippen LogP contribution in [0.2, 0.25) is 5.02 Å². The minimum Gasteiger partial charge on any atom is -0.497 e. The summed E-state index contributed by atoms with van der Waals surface area (Å²) in [6.45, 7) is 0. The van der Waals surface area contributed by atoms with Gasteiger partial charge in [0.25, 0.3) is 0 Å². The number of aromatic nitrogens is 1. The van der Waals surface area contributed by atoms with E-state index >= 15 is 0 Å². The smallest absolute Gasteiger partial charge is 0.250 e.